The van der Waals surface area contributed by atoms with Gasteiger partial charge in [-0.2, -0.15) is 0 Å². The second-order valence-electron chi connectivity index (χ2n) is 3.40. The molecule has 1 aromatic heterocycles. The van der Waals surface area contributed by atoms with E-state index < -0.39 is 0 Å². The molecule has 0 aliphatic heterocycles. The summed E-state index contributed by atoms with van der Waals surface area (Å²) in [5, 5.41) is 1.07. The molecule has 82 valence electrons. The van der Waals surface area contributed by atoms with Crippen LogP contribution in [-0.4, -0.2) is 11.6 Å². The van der Waals surface area contributed by atoms with E-state index in [0.29, 0.717) is 6.61 Å². The van der Waals surface area contributed by atoms with E-state index in [4.69, 9.17) is 4.74 Å². The lowest BCUT2D eigenvalue weighted by atomic mass is 10.2. The van der Waals surface area contributed by atoms with E-state index in [9.17, 15) is 0 Å². The number of aromatic nitrogens is 1. The molecule has 0 fully saturated rings. The van der Waals surface area contributed by atoms with Gasteiger partial charge in [-0.05, 0) is 24.6 Å². The Labute approximate surface area is 103 Å². The van der Waals surface area contributed by atoms with Crippen molar-refractivity contribution in [2.24, 2.45) is 0 Å². The quantitative estimate of drug-likeness (QED) is 0.624. The molecule has 1 heterocycles. The highest BCUT2D eigenvalue weighted by molar-refractivity contribution is 9.10. The van der Waals surface area contributed by atoms with Crippen LogP contribution in [0, 0.1) is 0 Å². The zero-order valence-corrected chi connectivity index (χ0v) is 10.4. The Kier molecular flexibility index (Phi) is 3.57. The molecule has 0 bridgehead atoms. The van der Waals surface area contributed by atoms with Crippen LogP contribution in [0.25, 0.3) is 10.9 Å². The highest BCUT2D eigenvalue weighted by Gasteiger charge is 2.04. The summed E-state index contributed by atoms with van der Waals surface area (Å²) >= 11 is 3.46. The lowest BCUT2D eigenvalue weighted by Gasteiger charge is -2.08. The zero-order chi connectivity index (χ0) is 11.4. The SMILES string of the molecule is C=CCCOc1cc(Br)cc2cccnc12. The standard InChI is InChI=1S/C13H12BrNO/c1-2-3-7-16-12-9-11(14)8-10-5-4-6-15-13(10)12/h2,4-6,8-9H,1,3,7H2. The minimum atomic E-state index is 0.631. The normalized spacial score (nSPS) is 10.3. The van der Waals surface area contributed by atoms with Gasteiger partial charge in [0.25, 0.3) is 0 Å². The zero-order valence-electron chi connectivity index (χ0n) is 8.82. The second-order valence-corrected chi connectivity index (χ2v) is 4.32. The Hall–Kier alpha value is -1.35. The molecule has 16 heavy (non-hydrogen) atoms. The maximum absolute atomic E-state index is 5.68. The Bertz CT molecular complexity index is 510. The Morgan fingerprint density at radius 2 is 2.31 bits per heavy atom. The van der Waals surface area contributed by atoms with Gasteiger partial charge in [-0.25, -0.2) is 0 Å². The van der Waals surface area contributed by atoms with Crippen molar-refractivity contribution in [1.82, 2.24) is 4.98 Å². The molecule has 0 saturated carbocycles. The number of benzene rings is 1. The first-order chi connectivity index (χ1) is 7.81. The van der Waals surface area contributed by atoms with Gasteiger partial charge < -0.3 is 4.74 Å². The van der Waals surface area contributed by atoms with Crippen LogP contribution in [0.1, 0.15) is 6.42 Å². The molecule has 0 atom stereocenters. The first-order valence-corrected chi connectivity index (χ1v) is 5.88. The Morgan fingerprint density at radius 3 is 3.12 bits per heavy atom. The summed E-state index contributed by atoms with van der Waals surface area (Å²) in [5.41, 5.74) is 0.898. The fourth-order valence-electron chi connectivity index (χ4n) is 1.49. The van der Waals surface area contributed by atoms with E-state index in [2.05, 4.69) is 27.5 Å². The summed E-state index contributed by atoms with van der Waals surface area (Å²) in [7, 11) is 0. The highest BCUT2D eigenvalue weighted by atomic mass is 79.9. The summed E-state index contributed by atoms with van der Waals surface area (Å²) in [6.45, 7) is 4.30. The van der Waals surface area contributed by atoms with E-state index in [1.54, 1.807) is 6.20 Å². The van der Waals surface area contributed by atoms with Crippen LogP contribution in [0.2, 0.25) is 0 Å². The Balaban J connectivity index is 2.38. The first-order valence-electron chi connectivity index (χ1n) is 5.09. The van der Waals surface area contributed by atoms with Crippen LogP contribution in [0.3, 0.4) is 0 Å². The molecule has 2 rings (SSSR count). The summed E-state index contributed by atoms with van der Waals surface area (Å²) in [6.07, 6.45) is 4.45. The number of pyridine rings is 1. The topological polar surface area (TPSA) is 22.1 Å². The number of ether oxygens (including phenoxy) is 1. The summed E-state index contributed by atoms with van der Waals surface area (Å²) in [4.78, 5) is 4.33. The molecule has 2 aromatic rings. The van der Waals surface area contributed by atoms with E-state index in [-0.39, 0.29) is 0 Å². The van der Waals surface area contributed by atoms with E-state index in [0.717, 1.165) is 27.5 Å². The van der Waals surface area contributed by atoms with Gasteiger partial charge in [-0.3, -0.25) is 4.98 Å². The van der Waals surface area contributed by atoms with Crippen LogP contribution in [-0.2, 0) is 0 Å². The van der Waals surface area contributed by atoms with Crippen LogP contribution < -0.4 is 4.74 Å². The molecule has 0 spiro atoms. The number of halogens is 1. The summed E-state index contributed by atoms with van der Waals surface area (Å²) < 4.78 is 6.68. The summed E-state index contributed by atoms with van der Waals surface area (Å²) in [6, 6.07) is 7.91. The number of hydrogen-bond donors (Lipinski definition) is 0. The largest absolute Gasteiger partial charge is 0.491 e. The molecule has 0 unspecified atom stereocenters. The minimum Gasteiger partial charge on any atom is -0.491 e. The molecule has 0 amide bonds. The number of hydrogen-bond acceptors (Lipinski definition) is 2. The lowest BCUT2D eigenvalue weighted by Crippen LogP contribution is -1.97. The van der Waals surface area contributed by atoms with Crippen LogP contribution in [0.4, 0.5) is 0 Å². The van der Waals surface area contributed by atoms with Gasteiger partial charge in [0.1, 0.15) is 11.3 Å². The lowest BCUT2D eigenvalue weighted by molar-refractivity contribution is 0.328. The predicted molar refractivity (Wildman–Crippen MR) is 69.8 cm³/mol. The van der Waals surface area contributed by atoms with Crippen molar-refractivity contribution in [3.05, 3.63) is 47.6 Å². The fourth-order valence-corrected chi connectivity index (χ4v) is 1.94. The molecule has 0 aliphatic rings. The van der Waals surface area contributed by atoms with Crippen molar-refractivity contribution >= 4 is 26.8 Å². The highest BCUT2D eigenvalue weighted by Crippen LogP contribution is 2.28. The maximum atomic E-state index is 5.68. The van der Waals surface area contributed by atoms with Gasteiger partial charge in [0, 0.05) is 16.1 Å². The summed E-state index contributed by atoms with van der Waals surface area (Å²) in [5.74, 6) is 0.812. The van der Waals surface area contributed by atoms with E-state index >= 15 is 0 Å². The van der Waals surface area contributed by atoms with Gasteiger partial charge >= 0.3 is 0 Å². The molecule has 3 heteroatoms. The third-order valence-corrected chi connectivity index (χ3v) is 2.67. The average Bonchev–Trinajstić information content (AvgIpc) is 2.29. The first kappa shape index (κ1) is 11.1. The van der Waals surface area contributed by atoms with Gasteiger partial charge in [-0.1, -0.05) is 28.1 Å². The third-order valence-electron chi connectivity index (χ3n) is 2.21. The van der Waals surface area contributed by atoms with Gasteiger partial charge in [0.05, 0.1) is 6.61 Å². The molecule has 0 N–H and O–H groups in total. The molecular formula is C13H12BrNO. The van der Waals surface area contributed by atoms with Crippen molar-refractivity contribution in [1.29, 1.82) is 0 Å². The molecule has 2 nitrogen and oxygen atoms in total. The predicted octanol–water partition coefficient (Wildman–Crippen LogP) is 3.95. The van der Waals surface area contributed by atoms with Crippen LogP contribution >= 0.6 is 15.9 Å². The molecular weight excluding hydrogens is 266 g/mol. The fraction of sp³-hybridized carbons (Fsp3) is 0.154. The van der Waals surface area contributed by atoms with Crippen molar-refractivity contribution in [3.63, 3.8) is 0 Å². The van der Waals surface area contributed by atoms with Crippen LogP contribution in [0.5, 0.6) is 5.75 Å². The molecule has 1 aromatic carbocycles. The number of nitrogens with zero attached hydrogens (tertiary/aromatic N) is 1. The van der Waals surface area contributed by atoms with E-state index in [1.165, 1.54) is 0 Å². The van der Waals surface area contributed by atoms with Crippen molar-refractivity contribution in [2.75, 3.05) is 6.61 Å². The average molecular weight is 278 g/mol. The smallest absolute Gasteiger partial charge is 0.146 e. The van der Waals surface area contributed by atoms with Gasteiger partial charge in [0.2, 0.25) is 0 Å². The molecule has 0 radical (unpaired) electrons. The third kappa shape index (κ3) is 2.42. The van der Waals surface area contributed by atoms with Gasteiger partial charge in [-0.15, -0.1) is 6.58 Å². The Morgan fingerprint density at radius 1 is 1.44 bits per heavy atom. The van der Waals surface area contributed by atoms with Crippen molar-refractivity contribution in [2.45, 2.75) is 6.42 Å². The monoisotopic (exact) mass is 277 g/mol. The van der Waals surface area contributed by atoms with Crippen molar-refractivity contribution in [3.8, 4) is 5.75 Å². The minimum absolute atomic E-state index is 0.631. The number of fused-ring (bicyclic) bond motifs is 1. The molecule has 0 saturated heterocycles. The van der Waals surface area contributed by atoms with Crippen LogP contribution in [0.15, 0.2) is 47.6 Å². The van der Waals surface area contributed by atoms with Crippen molar-refractivity contribution < 1.29 is 4.74 Å². The maximum Gasteiger partial charge on any atom is 0.146 e. The van der Waals surface area contributed by atoms with Gasteiger partial charge in [0.15, 0.2) is 0 Å². The second kappa shape index (κ2) is 5.12. The molecule has 0 aliphatic carbocycles. The number of rotatable bonds is 4. The van der Waals surface area contributed by atoms with E-state index in [1.807, 2.05) is 30.3 Å².